The molecule has 0 aliphatic carbocycles. The van der Waals surface area contributed by atoms with Crippen LogP contribution in [0.1, 0.15) is 22.2 Å². The predicted octanol–water partition coefficient (Wildman–Crippen LogP) is 2.79. The Labute approximate surface area is 151 Å². The van der Waals surface area contributed by atoms with Crippen LogP contribution in [-0.4, -0.2) is 35.4 Å². The first kappa shape index (κ1) is 16.5. The monoisotopic (exact) mass is 348 g/mol. The summed E-state index contributed by atoms with van der Waals surface area (Å²) < 4.78 is 7.38. The quantitative estimate of drug-likeness (QED) is 0.761. The minimum absolute atomic E-state index is 0.0630. The van der Waals surface area contributed by atoms with Crippen molar-refractivity contribution >= 4 is 11.6 Å². The first-order valence-corrected chi connectivity index (χ1v) is 8.64. The first-order valence-electron chi connectivity index (χ1n) is 8.64. The lowest BCUT2D eigenvalue weighted by Crippen LogP contribution is -2.33. The van der Waals surface area contributed by atoms with E-state index in [-0.39, 0.29) is 12.0 Å². The number of ether oxygens (including phenoxy) is 1. The van der Waals surface area contributed by atoms with E-state index in [4.69, 9.17) is 4.74 Å². The van der Waals surface area contributed by atoms with E-state index in [1.165, 1.54) is 0 Å². The SMILES string of the molecule is O=C(Nc1ccc([C@H]2CNCCO2)cc1)c1ccnn1-c1ccccc1. The van der Waals surface area contributed by atoms with Crippen LogP contribution >= 0.6 is 0 Å². The maximum absolute atomic E-state index is 12.6. The lowest BCUT2D eigenvalue weighted by Gasteiger charge is -2.24. The van der Waals surface area contributed by atoms with Crippen molar-refractivity contribution in [3.05, 3.63) is 78.1 Å². The van der Waals surface area contributed by atoms with Gasteiger partial charge >= 0.3 is 0 Å². The molecule has 1 fully saturated rings. The number of aromatic nitrogens is 2. The van der Waals surface area contributed by atoms with Gasteiger partial charge in [0.05, 0.1) is 24.6 Å². The highest BCUT2D eigenvalue weighted by Crippen LogP contribution is 2.21. The second-order valence-electron chi connectivity index (χ2n) is 6.10. The van der Waals surface area contributed by atoms with Crippen LogP contribution in [0.2, 0.25) is 0 Å². The summed E-state index contributed by atoms with van der Waals surface area (Å²) in [6.45, 7) is 2.41. The van der Waals surface area contributed by atoms with E-state index in [1.807, 2.05) is 54.6 Å². The fourth-order valence-electron chi connectivity index (χ4n) is 3.01. The van der Waals surface area contributed by atoms with Crippen LogP contribution in [0.25, 0.3) is 5.69 Å². The smallest absolute Gasteiger partial charge is 0.274 e. The van der Waals surface area contributed by atoms with Crippen LogP contribution in [0.15, 0.2) is 66.9 Å². The summed E-state index contributed by atoms with van der Waals surface area (Å²) in [5.74, 6) is -0.199. The number of rotatable bonds is 4. The average Bonchev–Trinajstić information content (AvgIpc) is 3.20. The van der Waals surface area contributed by atoms with Gasteiger partial charge in [-0.15, -0.1) is 0 Å². The zero-order chi connectivity index (χ0) is 17.8. The number of benzene rings is 2. The number of amides is 1. The van der Waals surface area contributed by atoms with Gasteiger partial charge < -0.3 is 15.4 Å². The highest BCUT2D eigenvalue weighted by molar-refractivity contribution is 6.03. The molecular formula is C20H20N4O2. The van der Waals surface area contributed by atoms with Gasteiger partial charge in [-0.25, -0.2) is 4.68 Å². The number of anilines is 1. The molecule has 0 radical (unpaired) electrons. The molecule has 1 aliphatic rings. The molecule has 6 heteroatoms. The molecule has 0 spiro atoms. The van der Waals surface area contributed by atoms with Crippen LogP contribution in [0.5, 0.6) is 0 Å². The molecule has 1 saturated heterocycles. The minimum atomic E-state index is -0.199. The van der Waals surface area contributed by atoms with Crippen molar-refractivity contribution in [2.45, 2.75) is 6.10 Å². The number of para-hydroxylation sites is 1. The van der Waals surface area contributed by atoms with E-state index in [2.05, 4.69) is 15.7 Å². The molecule has 2 aromatic carbocycles. The fraction of sp³-hybridized carbons (Fsp3) is 0.200. The van der Waals surface area contributed by atoms with Crippen molar-refractivity contribution in [1.82, 2.24) is 15.1 Å². The van der Waals surface area contributed by atoms with Crippen LogP contribution in [0, 0.1) is 0 Å². The summed E-state index contributed by atoms with van der Waals surface area (Å²) in [5, 5.41) is 10.5. The Balaban J connectivity index is 1.48. The van der Waals surface area contributed by atoms with E-state index in [1.54, 1.807) is 16.9 Å². The Hall–Kier alpha value is -2.96. The van der Waals surface area contributed by atoms with Crippen LogP contribution in [0.4, 0.5) is 5.69 Å². The van der Waals surface area contributed by atoms with E-state index in [0.717, 1.165) is 30.0 Å². The maximum atomic E-state index is 12.6. The molecule has 6 nitrogen and oxygen atoms in total. The van der Waals surface area contributed by atoms with Crippen molar-refractivity contribution < 1.29 is 9.53 Å². The number of nitrogens with one attached hydrogen (secondary N) is 2. The van der Waals surface area contributed by atoms with Gasteiger partial charge in [-0.05, 0) is 35.9 Å². The Morgan fingerprint density at radius 3 is 2.65 bits per heavy atom. The summed E-state index contributed by atoms with van der Waals surface area (Å²) in [6.07, 6.45) is 1.69. The lowest BCUT2D eigenvalue weighted by atomic mass is 10.1. The summed E-state index contributed by atoms with van der Waals surface area (Å²) in [6, 6.07) is 19.1. The van der Waals surface area contributed by atoms with Gasteiger partial charge in [0.25, 0.3) is 5.91 Å². The highest BCUT2D eigenvalue weighted by atomic mass is 16.5. The van der Waals surface area contributed by atoms with Gasteiger partial charge in [-0.3, -0.25) is 4.79 Å². The van der Waals surface area contributed by atoms with Crippen LogP contribution in [0.3, 0.4) is 0 Å². The Kier molecular flexibility index (Phi) is 4.77. The van der Waals surface area contributed by atoms with Gasteiger partial charge in [-0.2, -0.15) is 5.10 Å². The lowest BCUT2D eigenvalue weighted by molar-refractivity contribution is 0.0277. The van der Waals surface area contributed by atoms with Gasteiger partial charge in [0.1, 0.15) is 5.69 Å². The third-order valence-electron chi connectivity index (χ3n) is 4.34. The fourth-order valence-corrected chi connectivity index (χ4v) is 3.01. The Morgan fingerprint density at radius 1 is 1.12 bits per heavy atom. The molecule has 4 rings (SSSR count). The normalized spacial score (nSPS) is 17.0. The number of nitrogens with zero attached hydrogens (tertiary/aromatic N) is 2. The van der Waals surface area contributed by atoms with Crippen LogP contribution < -0.4 is 10.6 Å². The van der Waals surface area contributed by atoms with Gasteiger partial charge in [0.2, 0.25) is 0 Å². The molecule has 2 N–H and O–H groups in total. The topological polar surface area (TPSA) is 68.2 Å². The molecule has 0 bridgehead atoms. The molecule has 3 aromatic rings. The zero-order valence-corrected chi connectivity index (χ0v) is 14.3. The van der Waals surface area contributed by atoms with E-state index in [0.29, 0.717) is 12.3 Å². The van der Waals surface area contributed by atoms with Crippen molar-refractivity contribution in [2.24, 2.45) is 0 Å². The number of hydrogen-bond donors (Lipinski definition) is 2. The van der Waals surface area contributed by atoms with E-state index in [9.17, 15) is 4.79 Å². The average molecular weight is 348 g/mol. The van der Waals surface area contributed by atoms with Crippen LogP contribution in [-0.2, 0) is 4.74 Å². The Bertz CT molecular complexity index is 868. The molecule has 1 atom stereocenters. The number of morpholine rings is 1. The molecule has 0 unspecified atom stereocenters. The number of hydrogen-bond acceptors (Lipinski definition) is 4. The van der Waals surface area contributed by atoms with Gasteiger partial charge in [0, 0.05) is 18.8 Å². The Morgan fingerprint density at radius 2 is 1.92 bits per heavy atom. The van der Waals surface area contributed by atoms with Crippen molar-refractivity contribution in [3.8, 4) is 5.69 Å². The molecule has 1 amide bonds. The predicted molar refractivity (Wildman–Crippen MR) is 99.5 cm³/mol. The third-order valence-corrected chi connectivity index (χ3v) is 4.34. The molecule has 1 aliphatic heterocycles. The largest absolute Gasteiger partial charge is 0.371 e. The summed E-state index contributed by atoms with van der Waals surface area (Å²) in [7, 11) is 0. The highest BCUT2D eigenvalue weighted by Gasteiger charge is 2.16. The summed E-state index contributed by atoms with van der Waals surface area (Å²) in [5.41, 5.74) is 3.17. The van der Waals surface area contributed by atoms with Gasteiger partial charge in [-0.1, -0.05) is 30.3 Å². The second kappa shape index (κ2) is 7.51. The van der Waals surface area contributed by atoms with E-state index >= 15 is 0 Å². The van der Waals surface area contributed by atoms with Gasteiger partial charge in [0.15, 0.2) is 0 Å². The minimum Gasteiger partial charge on any atom is -0.371 e. The van der Waals surface area contributed by atoms with E-state index < -0.39 is 0 Å². The molecule has 132 valence electrons. The second-order valence-corrected chi connectivity index (χ2v) is 6.10. The van der Waals surface area contributed by atoms with Crippen molar-refractivity contribution in [2.75, 3.05) is 25.0 Å². The molecule has 26 heavy (non-hydrogen) atoms. The number of carbonyl (C=O) groups excluding carboxylic acids is 1. The van der Waals surface area contributed by atoms with Crippen molar-refractivity contribution in [1.29, 1.82) is 0 Å². The standard InChI is InChI=1S/C20H20N4O2/c25-20(18-10-11-22-24(18)17-4-2-1-3-5-17)23-16-8-6-15(7-9-16)19-14-21-12-13-26-19/h1-11,19,21H,12-14H2,(H,23,25)/t19-/m1/s1. The van der Waals surface area contributed by atoms with Crippen molar-refractivity contribution in [3.63, 3.8) is 0 Å². The summed E-state index contributed by atoms with van der Waals surface area (Å²) in [4.78, 5) is 12.6. The number of carbonyl (C=O) groups is 1. The molecule has 0 saturated carbocycles. The first-order chi connectivity index (χ1) is 12.8. The summed E-state index contributed by atoms with van der Waals surface area (Å²) >= 11 is 0. The third kappa shape index (κ3) is 3.51. The molecule has 2 heterocycles. The molecule has 1 aromatic heterocycles. The maximum Gasteiger partial charge on any atom is 0.274 e. The molecular weight excluding hydrogens is 328 g/mol. The zero-order valence-electron chi connectivity index (χ0n) is 14.3.